The lowest BCUT2D eigenvalue weighted by atomic mass is 9.91. The number of hydrogen-bond donors (Lipinski definition) is 1. The number of unbranched alkanes of at least 4 members (excludes halogenated alkanes) is 2. The zero-order valence-corrected chi connectivity index (χ0v) is 20.0. The van der Waals surface area contributed by atoms with Gasteiger partial charge in [0.15, 0.2) is 0 Å². The molecule has 3 rings (SSSR count). The summed E-state index contributed by atoms with van der Waals surface area (Å²) in [6.07, 6.45) is 4.49. The second-order valence-electron chi connectivity index (χ2n) is 8.15. The van der Waals surface area contributed by atoms with Crippen molar-refractivity contribution in [2.75, 3.05) is 0 Å². The van der Waals surface area contributed by atoms with E-state index in [1.165, 1.54) is 4.90 Å². The molecule has 32 heavy (non-hydrogen) atoms. The normalized spacial score (nSPS) is 17.5. The molecule has 170 valence electrons. The molecular formula is C25H29ClN2O3S. The molecule has 5 nitrogen and oxygen atoms in total. The van der Waals surface area contributed by atoms with Crippen molar-refractivity contribution in [1.82, 2.24) is 10.2 Å². The highest BCUT2D eigenvalue weighted by atomic mass is 35.5. The van der Waals surface area contributed by atoms with Crippen molar-refractivity contribution in [2.24, 2.45) is 0 Å². The zero-order chi connectivity index (χ0) is 23.1. The lowest BCUT2D eigenvalue weighted by Gasteiger charge is -2.44. The molecule has 2 aromatic carbocycles. The molecule has 0 aromatic heterocycles. The van der Waals surface area contributed by atoms with Gasteiger partial charge in [-0.2, -0.15) is 0 Å². The van der Waals surface area contributed by atoms with Gasteiger partial charge in [-0.25, -0.2) is 4.21 Å². The summed E-state index contributed by atoms with van der Waals surface area (Å²) in [6, 6.07) is 16.0. The molecular weight excluding hydrogens is 444 g/mol. The maximum absolute atomic E-state index is 13.2. The van der Waals surface area contributed by atoms with Crippen molar-refractivity contribution in [3.8, 4) is 0 Å². The standard InChI is InChI=1S/C25H29ClN2O3S/c1-3-4-6-11-21(19-12-14-20(26)15-13-19)27-24(29)17(2)28-22(23(32-31)25(28)30)16-18-9-7-5-8-10-18/h5,7-10,12-15,17,21-22H,3-4,6,11,16H2,1-2H3,(H,27,29). The van der Waals surface area contributed by atoms with E-state index in [0.29, 0.717) is 11.4 Å². The number of benzene rings is 2. The number of likely N-dealkylation sites (tertiary alicyclic amines) is 1. The van der Waals surface area contributed by atoms with Gasteiger partial charge in [0.1, 0.15) is 22.2 Å². The highest BCUT2D eigenvalue weighted by Crippen LogP contribution is 2.26. The van der Waals surface area contributed by atoms with Gasteiger partial charge in [0.25, 0.3) is 5.91 Å². The lowest BCUT2D eigenvalue weighted by molar-refractivity contribution is -0.140. The molecule has 0 aliphatic carbocycles. The van der Waals surface area contributed by atoms with Gasteiger partial charge < -0.3 is 10.2 Å². The number of nitrogens with one attached hydrogen (secondary N) is 1. The highest BCUT2D eigenvalue weighted by Gasteiger charge is 2.47. The quantitative estimate of drug-likeness (QED) is 0.318. The Hall–Kier alpha value is -2.44. The molecule has 1 aliphatic rings. The van der Waals surface area contributed by atoms with Crippen LogP contribution in [0.5, 0.6) is 0 Å². The van der Waals surface area contributed by atoms with E-state index in [1.807, 2.05) is 54.6 Å². The molecule has 3 unspecified atom stereocenters. The van der Waals surface area contributed by atoms with Crippen LogP contribution in [0.25, 0.3) is 0 Å². The average molecular weight is 473 g/mol. The first-order valence-electron chi connectivity index (χ1n) is 11.0. The van der Waals surface area contributed by atoms with Crippen LogP contribution in [0.3, 0.4) is 0 Å². The third-order valence-electron chi connectivity index (χ3n) is 5.93. The average Bonchev–Trinajstić information content (AvgIpc) is 2.79. The number of amides is 2. The first-order chi connectivity index (χ1) is 15.5. The Morgan fingerprint density at radius 1 is 1.12 bits per heavy atom. The van der Waals surface area contributed by atoms with Crippen LogP contribution in [0.15, 0.2) is 54.6 Å². The molecule has 3 atom stereocenters. The van der Waals surface area contributed by atoms with Gasteiger partial charge in [-0.15, -0.1) is 0 Å². The van der Waals surface area contributed by atoms with Crippen molar-refractivity contribution in [3.63, 3.8) is 0 Å². The van der Waals surface area contributed by atoms with Gasteiger partial charge in [-0.1, -0.05) is 80.3 Å². The summed E-state index contributed by atoms with van der Waals surface area (Å²) in [5.41, 5.74) is 2.01. The summed E-state index contributed by atoms with van der Waals surface area (Å²) < 4.78 is 11.5. The molecule has 1 fully saturated rings. The van der Waals surface area contributed by atoms with Crippen molar-refractivity contribution in [2.45, 2.75) is 64.1 Å². The molecule has 1 saturated heterocycles. The summed E-state index contributed by atoms with van der Waals surface area (Å²) in [6.45, 7) is 3.87. The van der Waals surface area contributed by atoms with E-state index in [1.54, 1.807) is 6.92 Å². The minimum Gasteiger partial charge on any atom is -0.348 e. The van der Waals surface area contributed by atoms with E-state index < -0.39 is 6.04 Å². The predicted molar refractivity (Wildman–Crippen MR) is 130 cm³/mol. The van der Waals surface area contributed by atoms with Gasteiger partial charge in [-0.05, 0) is 43.0 Å². The van der Waals surface area contributed by atoms with E-state index in [4.69, 9.17) is 11.6 Å². The predicted octanol–water partition coefficient (Wildman–Crippen LogP) is 4.31. The van der Waals surface area contributed by atoms with Crippen LogP contribution in [-0.4, -0.2) is 37.9 Å². The first kappa shape index (κ1) is 24.2. The van der Waals surface area contributed by atoms with Crippen LogP contribution in [0, 0.1) is 0 Å². The third-order valence-corrected chi connectivity index (χ3v) is 6.81. The molecule has 1 aliphatic heterocycles. The maximum atomic E-state index is 13.2. The fourth-order valence-electron chi connectivity index (χ4n) is 4.07. The summed E-state index contributed by atoms with van der Waals surface area (Å²) in [5.74, 6) is -0.564. The Bertz CT molecular complexity index is 990. The number of halogens is 1. The van der Waals surface area contributed by atoms with Crippen molar-refractivity contribution >= 4 is 39.5 Å². The lowest BCUT2D eigenvalue weighted by Crippen LogP contribution is -2.68. The summed E-state index contributed by atoms with van der Waals surface area (Å²) >= 11 is 6.27. The number of hydrogen-bond acceptors (Lipinski definition) is 3. The molecule has 0 radical (unpaired) electrons. The summed E-state index contributed by atoms with van der Waals surface area (Å²) in [5, 5.41) is 3.78. The van der Waals surface area contributed by atoms with Crippen LogP contribution in [0.2, 0.25) is 5.02 Å². The molecule has 0 bridgehead atoms. The number of β-lactam (4-membered cyclic amide) rings is 1. The maximum Gasteiger partial charge on any atom is 0.266 e. The zero-order valence-electron chi connectivity index (χ0n) is 18.4. The minimum atomic E-state index is -0.673. The second kappa shape index (κ2) is 11.4. The highest BCUT2D eigenvalue weighted by molar-refractivity contribution is 7.69. The Kier molecular flexibility index (Phi) is 8.65. The van der Waals surface area contributed by atoms with E-state index >= 15 is 0 Å². The monoisotopic (exact) mass is 472 g/mol. The van der Waals surface area contributed by atoms with Gasteiger partial charge >= 0.3 is 0 Å². The van der Waals surface area contributed by atoms with E-state index in [9.17, 15) is 13.8 Å². The number of nitrogens with zero attached hydrogens (tertiary/aromatic N) is 1. The van der Waals surface area contributed by atoms with Gasteiger partial charge in [0.05, 0.1) is 12.1 Å². The minimum absolute atomic E-state index is 0.157. The topological polar surface area (TPSA) is 66.5 Å². The fourth-order valence-corrected chi connectivity index (χ4v) is 4.68. The summed E-state index contributed by atoms with van der Waals surface area (Å²) in [4.78, 5) is 27.6. The van der Waals surface area contributed by atoms with Crippen molar-refractivity contribution < 1.29 is 13.8 Å². The van der Waals surface area contributed by atoms with Crippen LogP contribution >= 0.6 is 11.6 Å². The molecule has 1 heterocycles. The molecule has 0 saturated carbocycles. The van der Waals surface area contributed by atoms with E-state index in [-0.39, 0.29) is 40.0 Å². The third kappa shape index (κ3) is 5.67. The van der Waals surface area contributed by atoms with Crippen LogP contribution in [0.4, 0.5) is 0 Å². The Labute approximate surface area is 198 Å². The Morgan fingerprint density at radius 3 is 2.44 bits per heavy atom. The number of rotatable bonds is 10. The number of carbonyl (C=O) groups is 2. The molecule has 1 N–H and O–H groups in total. The van der Waals surface area contributed by atoms with Gasteiger partial charge in [-0.3, -0.25) is 9.59 Å². The molecule has 2 aromatic rings. The molecule has 7 heteroatoms. The van der Waals surface area contributed by atoms with Crippen LogP contribution in [0.1, 0.15) is 56.7 Å². The smallest absolute Gasteiger partial charge is 0.266 e. The molecule has 0 spiro atoms. The Morgan fingerprint density at radius 2 is 1.81 bits per heavy atom. The Balaban J connectivity index is 1.74. The SMILES string of the molecule is CCCCCC(NC(=O)C(C)N1C(=O)C(=S=O)C1Cc1ccccc1)c1ccc(Cl)cc1. The van der Waals surface area contributed by atoms with Crippen LogP contribution < -0.4 is 5.32 Å². The molecule has 2 amide bonds. The second-order valence-corrected chi connectivity index (χ2v) is 9.19. The first-order valence-corrected chi connectivity index (χ1v) is 12.2. The number of carbonyl (C=O) groups excluding carboxylic acids is 2. The van der Waals surface area contributed by atoms with E-state index in [0.717, 1.165) is 36.8 Å². The largest absolute Gasteiger partial charge is 0.348 e. The fraction of sp³-hybridized carbons (Fsp3) is 0.400. The summed E-state index contributed by atoms with van der Waals surface area (Å²) in [7, 11) is 0. The van der Waals surface area contributed by atoms with Crippen molar-refractivity contribution in [3.05, 3.63) is 70.7 Å². The van der Waals surface area contributed by atoms with Crippen LogP contribution in [-0.2, 0) is 27.3 Å². The van der Waals surface area contributed by atoms with Crippen molar-refractivity contribution in [1.29, 1.82) is 0 Å². The van der Waals surface area contributed by atoms with Gasteiger partial charge in [0.2, 0.25) is 5.91 Å². The van der Waals surface area contributed by atoms with E-state index in [2.05, 4.69) is 12.2 Å². The van der Waals surface area contributed by atoms with Gasteiger partial charge in [0, 0.05) is 5.02 Å².